The summed E-state index contributed by atoms with van der Waals surface area (Å²) in [6, 6.07) is 16.2. The van der Waals surface area contributed by atoms with Gasteiger partial charge >= 0.3 is 5.97 Å². The Morgan fingerprint density at radius 1 is 0.826 bits per heavy atom. The highest BCUT2D eigenvalue weighted by Crippen LogP contribution is 2.19. The fraction of sp³-hybridized carbons (Fsp3) is 0.222. The lowest BCUT2D eigenvalue weighted by atomic mass is 10.1. The molecule has 5 heteroatoms. The van der Waals surface area contributed by atoms with Crippen molar-refractivity contribution in [2.75, 3.05) is 31.1 Å². The molecule has 0 atom stereocenters. The van der Waals surface area contributed by atoms with Crippen molar-refractivity contribution in [1.82, 2.24) is 4.90 Å². The monoisotopic (exact) mass is 310 g/mol. The molecule has 0 bridgehead atoms. The number of amides is 1. The van der Waals surface area contributed by atoms with Crippen molar-refractivity contribution < 1.29 is 14.7 Å². The second kappa shape index (κ2) is 6.52. The van der Waals surface area contributed by atoms with E-state index in [-0.39, 0.29) is 11.5 Å². The van der Waals surface area contributed by atoms with Gasteiger partial charge in [-0.2, -0.15) is 0 Å². The number of hydrogen-bond donors (Lipinski definition) is 1. The van der Waals surface area contributed by atoms with Crippen molar-refractivity contribution in [1.29, 1.82) is 0 Å². The third kappa shape index (κ3) is 3.34. The molecule has 0 spiro atoms. The topological polar surface area (TPSA) is 60.9 Å². The Labute approximate surface area is 134 Å². The lowest BCUT2D eigenvalue weighted by molar-refractivity contribution is 0.0696. The van der Waals surface area contributed by atoms with Crippen molar-refractivity contribution in [3.8, 4) is 0 Å². The van der Waals surface area contributed by atoms with Crippen molar-refractivity contribution >= 4 is 17.6 Å². The van der Waals surface area contributed by atoms with Crippen LogP contribution in [0.4, 0.5) is 5.69 Å². The molecular formula is C18H18N2O3. The summed E-state index contributed by atoms with van der Waals surface area (Å²) in [5.74, 6) is -0.880. The highest BCUT2D eigenvalue weighted by molar-refractivity contribution is 5.94. The molecule has 1 fully saturated rings. The van der Waals surface area contributed by atoms with Crippen molar-refractivity contribution in [2.24, 2.45) is 0 Å². The summed E-state index contributed by atoms with van der Waals surface area (Å²) in [5, 5.41) is 9.08. The van der Waals surface area contributed by atoms with E-state index in [2.05, 4.69) is 4.90 Å². The Bertz CT molecular complexity index is 707. The first kappa shape index (κ1) is 15.1. The van der Waals surface area contributed by atoms with Gasteiger partial charge in [0.1, 0.15) is 0 Å². The minimum atomic E-state index is -0.926. The minimum Gasteiger partial charge on any atom is -0.478 e. The van der Waals surface area contributed by atoms with Crippen LogP contribution in [-0.2, 0) is 0 Å². The Morgan fingerprint density at radius 3 is 2.13 bits per heavy atom. The summed E-state index contributed by atoms with van der Waals surface area (Å²) >= 11 is 0. The zero-order valence-corrected chi connectivity index (χ0v) is 12.7. The van der Waals surface area contributed by atoms with Gasteiger partial charge in [0.05, 0.1) is 5.56 Å². The Balaban J connectivity index is 1.66. The van der Waals surface area contributed by atoms with Crippen LogP contribution in [0.15, 0.2) is 54.6 Å². The molecule has 1 heterocycles. The number of carboxylic acid groups (broad SMARTS) is 1. The average molecular weight is 310 g/mol. The molecule has 0 aromatic heterocycles. The van der Waals surface area contributed by atoms with Crippen LogP contribution in [0.3, 0.4) is 0 Å². The average Bonchev–Trinajstić information content (AvgIpc) is 2.62. The van der Waals surface area contributed by atoms with Gasteiger partial charge < -0.3 is 14.9 Å². The maximum atomic E-state index is 12.4. The number of nitrogens with zero attached hydrogens (tertiary/aromatic N) is 2. The van der Waals surface area contributed by atoms with Crippen LogP contribution in [0.25, 0.3) is 0 Å². The van der Waals surface area contributed by atoms with Gasteiger partial charge in [-0.25, -0.2) is 4.79 Å². The quantitative estimate of drug-likeness (QED) is 0.945. The number of rotatable bonds is 3. The molecule has 1 amide bonds. The van der Waals surface area contributed by atoms with E-state index in [0.29, 0.717) is 31.7 Å². The Morgan fingerprint density at radius 2 is 1.48 bits per heavy atom. The van der Waals surface area contributed by atoms with E-state index in [1.807, 2.05) is 41.3 Å². The zero-order chi connectivity index (χ0) is 16.2. The number of hydrogen-bond acceptors (Lipinski definition) is 3. The summed E-state index contributed by atoms with van der Waals surface area (Å²) in [6.45, 7) is 2.65. The molecule has 23 heavy (non-hydrogen) atoms. The van der Waals surface area contributed by atoms with Gasteiger partial charge in [-0.3, -0.25) is 4.79 Å². The summed E-state index contributed by atoms with van der Waals surface area (Å²) in [6.07, 6.45) is 0. The molecule has 1 N–H and O–H groups in total. The van der Waals surface area contributed by atoms with Gasteiger partial charge in [0, 0.05) is 37.4 Å². The first-order chi connectivity index (χ1) is 11.1. The van der Waals surface area contributed by atoms with Crippen LogP contribution >= 0.6 is 0 Å². The van der Waals surface area contributed by atoms with E-state index in [0.717, 1.165) is 5.69 Å². The van der Waals surface area contributed by atoms with Crippen LogP contribution in [0, 0.1) is 0 Å². The van der Waals surface area contributed by atoms with E-state index in [4.69, 9.17) is 5.11 Å². The minimum absolute atomic E-state index is 0.0459. The number of aromatic carboxylic acids is 1. The molecule has 2 aromatic carbocycles. The second-order valence-corrected chi connectivity index (χ2v) is 5.50. The highest BCUT2D eigenvalue weighted by Gasteiger charge is 2.22. The Hall–Kier alpha value is -2.82. The highest BCUT2D eigenvalue weighted by atomic mass is 16.4. The molecule has 1 aliphatic heterocycles. The summed E-state index contributed by atoms with van der Waals surface area (Å²) < 4.78 is 0. The fourth-order valence-electron chi connectivity index (χ4n) is 2.77. The van der Waals surface area contributed by atoms with E-state index < -0.39 is 5.97 Å². The zero-order valence-electron chi connectivity index (χ0n) is 12.7. The molecule has 2 aromatic rings. The maximum absolute atomic E-state index is 12.4. The molecule has 1 saturated heterocycles. The van der Waals surface area contributed by atoms with Crippen molar-refractivity contribution in [2.45, 2.75) is 0 Å². The van der Waals surface area contributed by atoms with Crippen LogP contribution < -0.4 is 4.90 Å². The fourth-order valence-corrected chi connectivity index (χ4v) is 2.77. The first-order valence-corrected chi connectivity index (χ1v) is 7.58. The third-order valence-corrected chi connectivity index (χ3v) is 4.05. The number of benzene rings is 2. The number of anilines is 1. The lowest BCUT2D eigenvalue weighted by Crippen LogP contribution is -2.48. The maximum Gasteiger partial charge on any atom is 0.335 e. The third-order valence-electron chi connectivity index (χ3n) is 4.05. The summed E-state index contributed by atoms with van der Waals surface area (Å²) in [7, 11) is 0. The first-order valence-electron chi connectivity index (χ1n) is 7.58. The van der Waals surface area contributed by atoms with Crippen LogP contribution in [0.1, 0.15) is 20.7 Å². The molecule has 0 radical (unpaired) electrons. The molecule has 118 valence electrons. The van der Waals surface area contributed by atoms with E-state index in [1.165, 1.54) is 0 Å². The van der Waals surface area contributed by atoms with Crippen molar-refractivity contribution in [3.63, 3.8) is 0 Å². The molecular weight excluding hydrogens is 292 g/mol. The number of carbonyl (C=O) groups excluding carboxylic acids is 1. The van der Waals surface area contributed by atoms with Gasteiger partial charge in [0.2, 0.25) is 0 Å². The van der Waals surface area contributed by atoms with Gasteiger partial charge in [0.15, 0.2) is 0 Å². The molecule has 3 rings (SSSR count). The smallest absolute Gasteiger partial charge is 0.335 e. The van der Waals surface area contributed by atoms with Gasteiger partial charge in [-0.15, -0.1) is 0 Å². The number of piperazine rings is 1. The lowest BCUT2D eigenvalue weighted by Gasteiger charge is -2.36. The SMILES string of the molecule is O=C(O)c1cccc(N2CCN(C(=O)c3ccccc3)CC2)c1. The molecule has 0 saturated carbocycles. The Kier molecular flexibility index (Phi) is 4.28. The predicted molar refractivity (Wildman–Crippen MR) is 88.0 cm³/mol. The van der Waals surface area contributed by atoms with Crippen LogP contribution in [0.5, 0.6) is 0 Å². The molecule has 1 aliphatic rings. The number of carbonyl (C=O) groups is 2. The van der Waals surface area contributed by atoms with E-state index in [1.54, 1.807) is 18.2 Å². The molecule has 0 aliphatic carbocycles. The van der Waals surface area contributed by atoms with E-state index in [9.17, 15) is 9.59 Å². The predicted octanol–water partition coefficient (Wildman–Crippen LogP) is 2.35. The summed E-state index contributed by atoms with van der Waals surface area (Å²) in [4.78, 5) is 27.4. The summed E-state index contributed by atoms with van der Waals surface area (Å²) in [5.41, 5.74) is 1.87. The van der Waals surface area contributed by atoms with Gasteiger partial charge in [-0.1, -0.05) is 24.3 Å². The largest absolute Gasteiger partial charge is 0.478 e. The molecule has 0 unspecified atom stereocenters. The number of carboxylic acids is 1. The van der Waals surface area contributed by atoms with Gasteiger partial charge in [-0.05, 0) is 30.3 Å². The van der Waals surface area contributed by atoms with Crippen LogP contribution in [-0.4, -0.2) is 48.1 Å². The normalized spacial score (nSPS) is 14.6. The second-order valence-electron chi connectivity index (χ2n) is 5.50. The van der Waals surface area contributed by atoms with E-state index >= 15 is 0 Å². The van der Waals surface area contributed by atoms with Gasteiger partial charge in [0.25, 0.3) is 5.91 Å². The molecule has 5 nitrogen and oxygen atoms in total. The standard InChI is InChI=1S/C18H18N2O3/c21-17(14-5-2-1-3-6-14)20-11-9-19(10-12-20)16-8-4-7-15(13-16)18(22)23/h1-8,13H,9-12H2,(H,22,23). The van der Waals surface area contributed by atoms with Crippen molar-refractivity contribution in [3.05, 3.63) is 65.7 Å². The van der Waals surface area contributed by atoms with Crippen LogP contribution in [0.2, 0.25) is 0 Å².